The molecule has 3 N–H and O–H groups in total. The Hall–Kier alpha value is -1.26. The summed E-state index contributed by atoms with van der Waals surface area (Å²) < 4.78 is 5.46. The molecule has 1 heterocycles. The monoisotopic (exact) mass is 553 g/mol. The quantitative estimate of drug-likeness (QED) is 0.243. The second kappa shape index (κ2) is 14.0. The first-order chi connectivity index (χ1) is 14.1. The number of guanidine groups is 1. The van der Waals surface area contributed by atoms with Gasteiger partial charge in [-0.1, -0.05) is 13.8 Å². The first kappa shape index (κ1) is 29.7. The Kier molecular flexibility index (Phi) is 13.4. The van der Waals surface area contributed by atoms with Crippen molar-refractivity contribution in [3.63, 3.8) is 0 Å². The first-order valence-corrected chi connectivity index (χ1v) is 11.3. The maximum Gasteiger partial charge on any atom is 0.408 e. The Balaban J connectivity index is 0.00000900. The highest BCUT2D eigenvalue weighted by Gasteiger charge is 2.31. The van der Waals surface area contributed by atoms with E-state index in [1.54, 1.807) is 7.05 Å². The number of hydrogen-bond acceptors (Lipinski definition) is 4. The van der Waals surface area contributed by atoms with Gasteiger partial charge in [-0.3, -0.25) is 9.79 Å². The summed E-state index contributed by atoms with van der Waals surface area (Å²) in [6, 6.07) is 0. The van der Waals surface area contributed by atoms with Crippen LogP contribution in [-0.4, -0.2) is 67.2 Å². The number of hydrogen-bond donors (Lipinski definition) is 3. The molecule has 9 heteroatoms. The zero-order valence-corrected chi connectivity index (χ0v) is 22.8. The molecule has 0 aromatic heterocycles. The molecule has 0 saturated carbocycles. The van der Waals surface area contributed by atoms with Crippen LogP contribution in [0, 0.1) is 5.92 Å². The summed E-state index contributed by atoms with van der Waals surface area (Å²) in [7, 11) is 1.69. The Morgan fingerprint density at radius 2 is 1.68 bits per heavy atom. The predicted octanol–water partition coefficient (Wildman–Crippen LogP) is 3.50. The van der Waals surface area contributed by atoms with E-state index in [2.05, 4.69) is 41.6 Å². The summed E-state index contributed by atoms with van der Waals surface area (Å²) in [5, 5.41) is 9.16. The number of ether oxygens (including phenoxy) is 1. The van der Waals surface area contributed by atoms with E-state index in [1.165, 1.54) is 0 Å². The van der Waals surface area contributed by atoms with Gasteiger partial charge in [0.05, 0.1) is 12.1 Å². The minimum Gasteiger partial charge on any atom is -0.444 e. The number of nitrogens with zero attached hydrogens (tertiary/aromatic N) is 2. The van der Waals surface area contributed by atoms with Gasteiger partial charge in [0.25, 0.3) is 0 Å². The minimum atomic E-state index is -0.533. The topological polar surface area (TPSA) is 95.1 Å². The van der Waals surface area contributed by atoms with Crippen LogP contribution in [-0.2, 0) is 9.53 Å². The maximum absolute atomic E-state index is 12.4. The summed E-state index contributed by atoms with van der Waals surface area (Å²) in [6.45, 7) is 14.8. The summed E-state index contributed by atoms with van der Waals surface area (Å²) in [6.07, 6.45) is 3.66. The van der Waals surface area contributed by atoms with Gasteiger partial charge < -0.3 is 25.6 Å². The average Bonchev–Trinajstić information content (AvgIpc) is 2.69. The molecule has 0 atom stereocenters. The molecule has 31 heavy (non-hydrogen) atoms. The number of aliphatic imine (C=N–C) groups is 1. The van der Waals surface area contributed by atoms with Crippen LogP contribution in [0.5, 0.6) is 0 Å². The number of nitrogens with one attached hydrogen (secondary N) is 3. The number of carbonyl (C=O) groups is 2. The lowest BCUT2D eigenvalue weighted by Gasteiger charge is -2.36. The first-order valence-electron chi connectivity index (χ1n) is 11.3. The summed E-state index contributed by atoms with van der Waals surface area (Å²) in [4.78, 5) is 31.2. The fourth-order valence-corrected chi connectivity index (χ4v) is 3.58. The fraction of sp³-hybridized carbons (Fsp3) is 0.864. The van der Waals surface area contributed by atoms with Crippen molar-refractivity contribution in [3.8, 4) is 0 Å². The van der Waals surface area contributed by atoms with E-state index in [0.717, 1.165) is 51.3 Å². The zero-order chi connectivity index (χ0) is 22.8. The number of alkyl carbamates (subject to hydrolysis) is 1. The van der Waals surface area contributed by atoms with Crippen molar-refractivity contribution in [2.45, 2.75) is 84.8 Å². The van der Waals surface area contributed by atoms with E-state index in [0.29, 0.717) is 18.9 Å². The van der Waals surface area contributed by atoms with Crippen molar-refractivity contribution in [2.24, 2.45) is 10.9 Å². The molecule has 1 aliphatic rings. The molecule has 182 valence electrons. The molecule has 0 aromatic rings. The number of halogens is 1. The SMILES string of the molecule is CCNC(=NCC(CC)(CC)NC(=O)OC(C)(C)C)N1CCC(CC(=O)NC)CC1.I. The molecule has 0 aromatic carbocycles. The second-order valence-corrected chi connectivity index (χ2v) is 9.09. The van der Waals surface area contributed by atoms with Gasteiger partial charge in [0.15, 0.2) is 5.96 Å². The van der Waals surface area contributed by atoms with Crippen molar-refractivity contribution in [1.29, 1.82) is 0 Å². The van der Waals surface area contributed by atoms with E-state index in [1.807, 2.05) is 20.8 Å². The molecule has 1 aliphatic heterocycles. The highest BCUT2D eigenvalue weighted by molar-refractivity contribution is 14.0. The second-order valence-electron chi connectivity index (χ2n) is 9.09. The van der Waals surface area contributed by atoms with Gasteiger partial charge in [-0.05, 0) is 59.3 Å². The van der Waals surface area contributed by atoms with Gasteiger partial charge in [0.1, 0.15) is 5.60 Å². The normalized spacial score (nSPS) is 15.7. The molecule has 8 nitrogen and oxygen atoms in total. The lowest BCUT2D eigenvalue weighted by molar-refractivity contribution is -0.121. The van der Waals surface area contributed by atoms with Crippen LogP contribution in [0.4, 0.5) is 4.79 Å². The van der Waals surface area contributed by atoms with E-state index in [4.69, 9.17) is 9.73 Å². The third-order valence-corrected chi connectivity index (χ3v) is 5.65. The van der Waals surface area contributed by atoms with E-state index < -0.39 is 17.2 Å². The average molecular weight is 554 g/mol. The van der Waals surface area contributed by atoms with Gasteiger partial charge >= 0.3 is 6.09 Å². The number of likely N-dealkylation sites (tertiary alicyclic amines) is 1. The highest BCUT2D eigenvalue weighted by Crippen LogP contribution is 2.22. The predicted molar refractivity (Wildman–Crippen MR) is 137 cm³/mol. The Labute approximate surface area is 205 Å². The summed E-state index contributed by atoms with van der Waals surface area (Å²) >= 11 is 0. The standard InChI is InChI=1S/C22H43N5O3.HI/c1-8-22(9-2,26-20(29)30-21(4,5)6)16-25-19(24-10-3)27-13-11-17(12-14-27)15-18(28)23-7;/h17H,8-16H2,1-7H3,(H,23,28)(H,24,25)(H,26,29);1H. The lowest BCUT2D eigenvalue weighted by atomic mass is 9.92. The third kappa shape index (κ3) is 10.7. The van der Waals surface area contributed by atoms with Crippen molar-refractivity contribution < 1.29 is 14.3 Å². The molecule has 0 aliphatic carbocycles. The van der Waals surface area contributed by atoms with Gasteiger partial charge in [-0.2, -0.15) is 0 Å². The molecule has 0 spiro atoms. The molecule has 1 saturated heterocycles. The third-order valence-electron chi connectivity index (χ3n) is 5.65. The lowest BCUT2D eigenvalue weighted by Crippen LogP contribution is -2.53. The van der Waals surface area contributed by atoms with Crippen molar-refractivity contribution >= 4 is 41.9 Å². The number of carbonyl (C=O) groups excluding carboxylic acids is 2. The summed E-state index contributed by atoms with van der Waals surface area (Å²) in [5.41, 5.74) is -0.977. The summed E-state index contributed by atoms with van der Waals surface area (Å²) in [5.74, 6) is 1.40. The highest BCUT2D eigenvalue weighted by atomic mass is 127. The van der Waals surface area contributed by atoms with E-state index in [-0.39, 0.29) is 29.9 Å². The van der Waals surface area contributed by atoms with Gasteiger partial charge in [0, 0.05) is 33.1 Å². The van der Waals surface area contributed by atoms with E-state index in [9.17, 15) is 9.59 Å². The molecule has 0 unspecified atom stereocenters. The van der Waals surface area contributed by atoms with Crippen LogP contribution in [0.1, 0.15) is 73.6 Å². The van der Waals surface area contributed by atoms with Crippen LogP contribution in [0.3, 0.4) is 0 Å². The minimum absolute atomic E-state index is 0. The van der Waals surface area contributed by atoms with Gasteiger partial charge in [-0.25, -0.2) is 4.79 Å². The van der Waals surface area contributed by atoms with Gasteiger partial charge in [-0.15, -0.1) is 24.0 Å². The molecule has 1 fully saturated rings. The number of amides is 2. The van der Waals surface area contributed by atoms with Crippen molar-refractivity contribution in [2.75, 3.05) is 33.2 Å². The van der Waals surface area contributed by atoms with Crippen LogP contribution in [0.25, 0.3) is 0 Å². The molecular weight excluding hydrogens is 509 g/mol. The number of rotatable bonds is 8. The van der Waals surface area contributed by atoms with Crippen LogP contribution in [0.15, 0.2) is 4.99 Å². The van der Waals surface area contributed by atoms with Crippen LogP contribution >= 0.6 is 24.0 Å². The Morgan fingerprint density at radius 3 is 2.13 bits per heavy atom. The smallest absolute Gasteiger partial charge is 0.408 e. The van der Waals surface area contributed by atoms with Crippen LogP contribution in [0.2, 0.25) is 0 Å². The number of piperidine rings is 1. The fourth-order valence-electron chi connectivity index (χ4n) is 3.58. The van der Waals surface area contributed by atoms with E-state index >= 15 is 0 Å². The van der Waals surface area contributed by atoms with Crippen molar-refractivity contribution in [1.82, 2.24) is 20.9 Å². The maximum atomic E-state index is 12.4. The zero-order valence-electron chi connectivity index (χ0n) is 20.5. The largest absolute Gasteiger partial charge is 0.444 e. The Morgan fingerprint density at radius 1 is 1.10 bits per heavy atom. The molecule has 0 radical (unpaired) electrons. The molecular formula is C22H44IN5O3. The molecule has 0 bridgehead atoms. The van der Waals surface area contributed by atoms with Crippen LogP contribution < -0.4 is 16.0 Å². The van der Waals surface area contributed by atoms with Gasteiger partial charge in [0.2, 0.25) is 5.91 Å². The van der Waals surface area contributed by atoms with Crippen molar-refractivity contribution in [3.05, 3.63) is 0 Å². The Bertz CT molecular complexity index is 580. The molecule has 2 amide bonds. The molecule has 1 rings (SSSR count).